The largest absolute Gasteiger partial charge is 0.457 e. The number of carbonyl (C=O) groups is 1. The first-order valence-electron chi connectivity index (χ1n) is 11.3. The van der Waals surface area contributed by atoms with Crippen molar-refractivity contribution in [3.05, 3.63) is 119 Å². The van der Waals surface area contributed by atoms with Crippen LogP contribution in [0, 0.1) is 5.82 Å². The number of carbonyl (C=O) groups excluding carboxylic acids is 1. The molecule has 4 heterocycles. The molecule has 6 rings (SSSR count). The summed E-state index contributed by atoms with van der Waals surface area (Å²) in [6.45, 7) is 0. The van der Waals surface area contributed by atoms with Crippen molar-refractivity contribution in [3.63, 3.8) is 0 Å². The monoisotopic (exact) mass is 491 g/mol. The third-order valence-corrected chi connectivity index (χ3v) is 5.87. The second-order valence-corrected chi connectivity index (χ2v) is 8.22. The van der Waals surface area contributed by atoms with Gasteiger partial charge in [-0.2, -0.15) is 0 Å². The number of benzene rings is 2. The molecule has 0 fully saturated rings. The molecule has 0 atom stereocenters. The molecule has 0 bridgehead atoms. The van der Waals surface area contributed by atoms with Gasteiger partial charge < -0.3 is 19.6 Å². The summed E-state index contributed by atoms with van der Waals surface area (Å²) in [5, 5.41) is 3.89. The fraction of sp³-hybridized carbons (Fsp3) is 0. The van der Waals surface area contributed by atoms with Crippen LogP contribution in [0.2, 0.25) is 0 Å². The van der Waals surface area contributed by atoms with Gasteiger partial charge >= 0.3 is 0 Å². The van der Waals surface area contributed by atoms with Crippen LogP contribution in [-0.2, 0) is 0 Å². The maximum Gasteiger partial charge on any atom is 0.261 e. The van der Waals surface area contributed by atoms with E-state index < -0.39 is 17.2 Å². The molecule has 9 heteroatoms. The summed E-state index contributed by atoms with van der Waals surface area (Å²) >= 11 is 0. The molecule has 37 heavy (non-hydrogen) atoms. The topological polar surface area (TPSA) is 102 Å². The Morgan fingerprint density at radius 1 is 0.919 bits per heavy atom. The molecule has 0 radical (unpaired) electrons. The average molecular weight is 491 g/mol. The second kappa shape index (κ2) is 9.04. The quantitative estimate of drug-likeness (QED) is 0.334. The predicted octanol–water partition coefficient (Wildman–Crippen LogP) is 5.45. The van der Waals surface area contributed by atoms with Gasteiger partial charge in [0.15, 0.2) is 0 Å². The van der Waals surface area contributed by atoms with Crippen LogP contribution in [0.3, 0.4) is 0 Å². The van der Waals surface area contributed by atoms with Gasteiger partial charge in [0.25, 0.3) is 5.91 Å². The number of rotatable bonds is 5. The van der Waals surface area contributed by atoms with Crippen molar-refractivity contribution in [3.8, 4) is 17.2 Å². The van der Waals surface area contributed by atoms with Gasteiger partial charge in [-0.05, 0) is 72.8 Å². The number of aromatic nitrogens is 4. The first-order valence-corrected chi connectivity index (χ1v) is 11.3. The van der Waals surface area contributed by atoms with Crippen LogP contribution in [-0.4, -0.2) is 25.4 Å². The lowest BCUT2D eigenvalue weighted by molar-refractivity contribution is 0.102. The van der Waals surface area contributed by atoms with Crippen LogP contribution in [0.15, 0.2) is 102 Å². The van der Waals surface area contributed by atoms with Crippen molar-refractivity contribution in [2.24, 2.45) is 0 Å². The maximum atomic E-state index is 13.5. The molecule has 4 aromatic heterocycles. The highest BCUT2D eigenvalue weighted by atomic mass is 19.1. The van der Waals surface area contributed by atoms with E-state index in [-0.39, 0.29) is 10.9 Å². The first kappa shape index (κ1) is 22.2. The van der Waals surface area contributed by atoms with Gasteiger partial charge in [0.05, 0.1) is 10.8 Å². The SMILES string of the molecule is O=C(Nc1ccc(Oc2ccnc3[nH]ccc23)cc1)c1cn(-c2ccc(F)cc2)c2ncccc2c1=O. The zero-order valence-electron chi connectivity index (χ0n) is 19.2. The summed E-state index contributed by atoms with van der Waals surface area (Å²) < 4.78 is 21.1. The van der Waals surface area contributed by atoms with E-state index in [4.69, 9.17) is 4.74 Å². The summed E-state index contributed by atoms with van der Waals surface area (Å²) in [4.78, 5) is 37.9. The minimum Gasteiger partial charge on any atom is -0.457 e. The highest BCUT2D eigenvalue weighted by Gasteiger charge is 2.17. The Morgan fingerprint density at radius 2 is 1.73 bits per heavy atom. The fourth-order valence-corrected chi connectivity index (χ4v) is 4.08. The standard InChI is InChI=1S/C28H18FN5O3/c29-17-3-7-19(8-4-17)34-16-23(25(35)22-2-1-13-32-27(22)34)28(36)33-18-5-9-20(10-6-18)37-24-12-15-31-26-21(24)11-14-30-26/h1-16H,(H,30,31)(H,33,36). The van der Waals surface area contributed by atoms with Crippen molar-refractivity contribution >= 4 is 33.7 Å². The van der Waals surface area contributed by atoms with Crippen LogP contribution >= 0.6 is 0 Å². The summed E-state index contributed by atoms with van der Waals surface area (Å²) in [5.41, 5.74) is 1.61. The highest BCUT2D eigenvalue weighted by Crippen LogP contribution is 2.29. The van der Waals surface area contributed by atoms with Gasteiger partial charge in [0.1, 0.15) is 34.2 Å². The highest BCUT2D eigenvalue weighted by molar-refractivity contribution is 6.05. The Balaban J connectivity index is 1.29. The lowest BCUT2D eigenvalue weighted by Crippen LogP contribution is -2.24. The van der Waals surface area contributed by atoms with E-state index in [1.165, 1.54) is 18.3 Å². The van der Waals surface area contributed by atoms with Crippen LogP contribution in [0.25, 0.3) is 27.8 Å². The number of nitrogens with one attached hydrogen (secondary N) is 2. The third kappa shape index (κ3) is 4.19. The maximum absolute atomic E-state index is 13.5. The smallest absolute Gasteiger partial charge is 0.261 e. The van der Waals surface area contributed by atoms with E-state index in [1.807, 2.05) is 6.07 Å². The molecular weight excluding hydrogens is 473 g/mol. The number of H-pyrrole nitrogens is 1. The van der Waals surface area contributed by atoms with E-state index in [0.29, 0.717) is 28.5 Å². The van der Waals surface area contributed by atoms with Gasteiger partial charge in [-0.3, -0.25) is 9.59 Å². The Hall–Kier alpha value is -5.31. The van der Waals surface area contributed by atoms with Crippen LogP contribution in [0.4, 0.5) is 10.1 Å². The van der Waals surface area contributed by atoms with Gasteiger partial charge in [-0.15, -0.1) is 0 Å². The number of aromatic amines is 1. The minimum absolute atomic E-state index is 0.0724. The van der Waals surface area contributed by atoms with Gasteiger partial charge in [0, 0.05) is 36.2 Å². The van der Waals surface area contributed by atoms with E-state index in [0.717, 1.165) is 11.0 Å². The zero-order chi connectivity index (χ0) is 25.4. The Morgan fingerprint density at radius 3 is 2.54 bits per heavy atom. The predicted molar refractivity (Wildman–Crippen MR) is 138 cm³/mol. The normalized spacial score (nSPS) is 11.1. The number of amides is 1. The van der Waals surface area contributed by atoms with E-state index in [1.54, 1.807) is 77.8 Å². The number of ether oxygens (including phenoxy) is 1. The molecule has 0 spiro atoms. The first-order chi connectivity index (χ1) is 18.1. The molecule has 0 saturated heterocycles. The molecule has 0 aliphatic carbocycles. The molecule has 8 nitrogen and oxygen atoms in total. The fourth-order valence-electron chi connectivity index (χ4n) is 4.08. The van der Waals surface area contributed by atoms with Crippen molar-refractivity contribution in [1.29, 1.82) is 0 Å². The Bertz CT molecular complexity index is 1830. The Kier molecular flexibility index (Phi) is 5.42. The number of hydrogen-bond donors (Lipinski definition) is 2. The van der Waals surface area contributed by atoms with E-state index in [9.17, 15) is 14.0 Å². The van der Waals surface area contributed by atoms with E-state index in [2.05, 4.69) is 20.3 Å². The molecular formula is C28H18FN5O3. The van der Waals surface area contributed by atoms with Gasteiger partial charge in [-0.1, -0.05) is 0 Å². The molecule has 0 saturated carbocycles. The number of hydrogen-bond acceptors (Lipinski definition) is 5. The number of halogens is 1. The molecule has 6 aromatic rings. The van der Waals surface area contributed by atoms with Crippen molar-refractivity contribution in [2.45, 2.75) is 0 Å². The average Bonchev–Trinajstić information content (AvgIpc) is 3.41. The molecule has 180 valence electrons. The second-order valence-electron chi connectivity index (χ2n) is 8.22. The van der Waals surface area contributed by atoms with Crippen LogP contribution < -0.4 is 15.5 Å². The van der Waals surface area contributed by atoms with Crippen LogP contribution in [0.5, 0.6) is 11.5 Å². The van der Waals surface area contributed by atoms with Crippen molar-refractivity contribution in [1.82, 2.24) is 19.5 Å². The molecule has 0 aliphatic heterocycles. The third-order valence-electron chi connectivity index (χ3n) is 5.87. The molecule has 0 aliphatic rings. The summed E-state index contributed by atoms with van der Waals surface area (Å²) in [7, 11) is 0. The number of fused-ring (bicyclic) bond motifs is 2. The minimum atomic E-state index is -0.580. The summed E-state index contributed by atoms with van der Waals surface area (Å²) in [6, 6.07) is 19.4. The summed E-state index contributed by atoms with van der Waals surface area (Å²) in [6.07, 6.45) is 6.41. The molecule has 0 unspecified atom stereocenters. The van der Waals surface area contributed by atoms with Crippen molar-refractivity contribution < 1.29 is 13.9 Å². The van der Waals surface area contributed by atoms with Crippen LogP contribution in [0.1, 0.15) is 10.4 Å². The lowest BCUT2D eigenvalue weighted by Gasteiger charge is -2.13. The molecule has 2 aromatic carbocycles. The van der Waals surface area contributed by atoms with E-state index >= 15 is 0 Å². The zero-order valence-corrected chi connectivity index (χ0v) is 19.2. The Labute approximate surface area is 209 Å². The summed E-state index contributed by atoms with van der Waals surface area (Å²) in [5.74, 6) is 0.244. The van der Waals surface area contributed by atoms with Gasteiger partial charge in [-0.25, -0.2) is 14.4 Å². The molecule has 2 N–H and O–H groups in total. The molecule has 1 amide bonds. The lowest BCUT2D eigenvalue weighted by atomic mass is 10.1. The number of anilines is 1. The number of pyridine rings is 3. The number of nitrogens with zero attached hydrogens (tertiary/aromatic N) is 3. The van der Waals surface area contributed by atoms with Gasteiger partial charge in [0.2, 0.25) is 5.43 Å². The van der Waals surface area contributed by atoms with Crippen molar-refractivity contribution in [2.75, 3.05) is 5.32 Å².